The summed E-state index contributed by atoms with van der Waals surface area (Å²) in [5.74, 6) is 0. The van der Waals surface area contributed by atoms with Gasteiger partial charge < -0.3 is 9.47 Å². The van der Waals surface area contributed by atoms with Crippen LogP contribution >= 0.6 is 0 Å². The monoisotopic (exact) mass is 459 g/mol. The molecule has 36 heavy (non-hydrogen) atoms. The molecule has 5 aromatic carbocycles. The predicted molar refractivity (Wildman–Crippen MR) is 150 cm³/mol. The summed E-state index contributed by atoms with van der Waals surface area (Å²) in [6.07, 6.45) is 3.78. The SMILES string of the molecule is c1ccc(-n2c3ccccc3c3cc4c(cc32)N(c2cccnc2)c2cccc3cccc-4c23)cc1. The zero-order chi connectivity index (χ0) is 23.6. The summed E-state index contributed by atoms with van der Waals surface area (Å²) in [5, 5.41) is 5.05. The van der Waals surface area contributed by atoms with Crippen molar-refractivity contribution in [2.24, 2.45) is 0 Å². The van der Waals surface area contributed by atoms with Crippen molar-refractivity contribution in [3.8, 4) is 16.8 Å². The Morgan fingerprint density at radius 1 is 0.528 bits per heavy atom. The average molecular weight is 460 g/mol. The highest BCUT2D eigenvalue weighted by Crippen LogP contribution is 2.52. The van der Waals surface area contributed by atoms with Gasteiger partial charge in [-0.3, -0.25) is 4.98 Å². The van der Waals surface area contributed by atoms with Crippen LogP contribution in [0, 0.1) is 0 Å². The summed E-state index contributed by atoms with van der Waals surface area (Å²) in [5.41, 5.74) is 9.50. The molecular weight excluding hydrogens is 438 g/mol. The minimum Gasteiger partial charge on any atom is -0.309 e. The van der Waals surface area contributed by atoms with E-state index in [-0.39, 0.29) is 0 Å². The highest BCUT2D eigenvalue weighted by atomic mass is 15.2. The molecule has 0 aliphatic carbocycles. The van der Waals surface area contributed by atoms with E-state index in [1.807, 2.05) is 18.5 Å². The largest absolute Gasteiger partial charge is 0.309 e. The van der Waals surface area contributed by atoms with Gasteiger partial charge in [-0.1, -0.05) is 66.7 Å². The van der Waals surface area contributed by atoms with Crippen LogP contribution < -0.4 is 4.90 Å². The highest BCUT2D eigenvalue weighted by Gasteiger charge is 2.27. The Kier molecular flexibility index (Phi) is 3.94. The maximum atomic E-state index is 4.47. The number of benzene rings is 5. The van der Waals surface area contributed by atoms with Crippen LogP contribution in [-0.2, 0) is 0 Å². The van der Waals surface area contributed by atoms with Gasteiger partial charge in [0.25, 0.3) is 0 Å². The minimum absolute atomic E-state index is 1.06. The third-order valence-electron chi connectivity index (χ3n) is 7.36. The molecule has 0 saturated carbocycles. The first-order chi connectivity index (χ1) is 17.9. The predicted octanol–water partition coefficient (Wildman–Crippen LogP) is 8.78. The Hall–Kier alpha value is -4.89. The normalized spacial score (nSPS) is 12.4. The molecule has 8 rings (SSSR count). The van der Waals surface area contributed by atoms with E-state index in [0.29, 0.717) is 0 Å². The zero-order valence-electron chi connectivity index (χ0n) is 19.5. The van der Waals surface area contributed by atoms with Crippen molar-refractivity contribution in [2.45, 2.75) is 0 Å². The van der Waals surface area contributed by atoms with Gasteiger partial charge in [0.2, 0.25) is 0 Å². The fourth-order valence-corrected chi connectivity index (χ4v) is 5.89. The molecular formula is C33H21N3. The molecule has 0 spiro atoms. The van der Waals surface area contributed by atoms with Gasteiger partial charge in [0.15, 0.2) is 0 Å². The van der Waals surface area contributed by atoms with E-state index < -0.39 is 0 Å². The molecule has 0 saturated heterocycles. The standard InChI is InChI=1S/C33H21N3/c1-2-11-23(12-3-1)35-29-16-5-4-14-25(29)27-19-28-26-15-6-9-22-10-7-17-30(33(22)26)36(32(28)20-31(27)35)24-13-8-18-34-21-24/h1-21H. The van der Waals surface area contributed by atoms with Gasteiger partial charge in [0.1, 0.15) is 0 Å². The Morgan fingerprint density at radius 3 is 2.19 bits per heavy atom. The fraction of sp³-hybridized carbons (Fsp3) is 0. The summed E-state index contributed by atoms with van der Waals surface area (Å²) >= 11 is 0. The number of fused-ring (bicyclic) bond motifs is 5. The molecule has 0 fully saturated rings. The molecule has 0 atom stereocenters. The summed E-state index contributed by atoms with van der Waals surface area (Å²) in [4.78, 5) is 6.83. The van der Waals surface area contributed by atoms with Gasteiger partial charge in [-0.25, -0.2) is 0 Å². The molecule has 0 unspecified atom stereocenters. The first-order valence-corrected chi connectivity index (χ1v) is 12.2. The molecule has 1 aliphatic heterocycles. The van der Waals surface area contributed by atoms with Crippen LogP contribution in [0.2, 0.25) is 0 Å². The lowest BCUT2D eigenvalue weighted by Gasteiger charge is -2.33. The number of hydrogen-bond donors (Lipinski definition) is 0. The lowest BCUT2D eigenvalue weighted by molar-refractivity contribution is 1.17. The van der Waals surface area contributed by atoms with Crippen LogP contribution in [0.25, 0.3) is 49.4 Å². The van der Waals surface area contributed by atoms with E-state index in [2.05, 4.69) is 124 Å². The number of hydrogen-bond acceptors (Lipinski definition) is 2. The van der Waals surface area contributed by atoms with Crippen molar-refractivity contribution in [2.75, 3.05) is 4.90 Å². The van der Waals surface area contributed by atoms with E-state index in [0.717, 1.165) is 11.4 Å². The maximum Gasteiger partial charge on any atom is 0.0645 e. The molecule has 0 N–H and O–H groups in total. The fourth-order valence-electron chi connectivity index (χ4n) is 5.89. The zero-order valence-corrected chi connectivity index (χ0v) is 19.5. The van der Waals surface area contributed by atoms with Crippen molar-refractivity contribution in [1.82, 2.24) is 9.55 Å². The minimum atomic E-state index is 1.06. The summed E-state index contributed by atoms with van der Waals surface area (Å²) in [7, 11) is 0. The van der Waals surface area contributed by atoms with Gasteiger partial charge in [-0.15, -0.1) is 0 Å². The summed E-state index contributed by atoms with van der Waals surface area (Å²) in [6.45, 7) is 0. The van der Waals surface area contributed by atoms with E-state index in [9.17, 15) is 0 Å². The second kappa shape index (κ2) is 7.30. The van der Waals surface area contributed by atoms with Crippen LogP contribution in [0.4, 0.5) is 17.1 Å². The van der Waals surface area contributed by atoms with Crippen molar-refractivity contribution >= 4 is 49.6 Å². The molecule has 0 radical (unpaired) electrons. The second-order valence-electron chi connectivity index (χ2n) is 9.30. The Morgan fingerprint density at radius 2 is 1.33 bits per heavy atom. The lowest BCUT2D eigenvalue weighted by Crippen LogP contribution is -2.15. The number of nitrogens with zero attached hydrogens (tertiary/aromatic N) is 3. The van der Waals surface area contributed by atoms with E-state index in [4.69, 9.17) is 0 Å². The number of para-hydroxylation sites is 2. The van der Waals surface area contributed by atoms with Crippen LogP contribution in [0.3, 0.4) is 0 Å². The maximum absolute atomic E-state index is 4.47. The van der Waals surface area contributed by atoms with Crippen LogP contribution in [0.15, 0.2) is 128 Å². The summed E-state index contributed by atoms with van der Waals surface area (Å²) < 4.78 is 2.38. The third kappa shape index (κ3) is 2.60. The lowest BCUT2D eigenvalue weighted by atomic mass is 9.90. The van der Waals surface area contributed by atoms with Gasteiger partial charge in [0.05, 0.1) is 34.3 Å². The van der Waals surface area contributed by atoms with Crippen molar-refractivity contribution in [1.29, 1.82) is 0 Å². The smallest absolute Gasteiger partial charge is 0.0645 e. The molecule has 1 aliphatic rings. The number of rotatable bonds is 2. The van der Waals surface area contributed by atoms with Gasteiger partial charge >= 0.3 is 0 Å². The second-order valence-corrected chi connectivity index (χ2v) is 9.30. The van der Waals surface area contributed by atoms with Crippen molar-refractivity contribution < 1.29 is 0 Å². The number of pyridine rings is 1. The van der Waals surface area contributed by atoms with Crippen LogP contribution in [-0.4, -0.2) is 9.55 Å². The first kappa shape index (κ1) is 19.4. The molecule has 3 heterocycles. The quantitative estimate of drug-likeness (QED) is 0.258. The molecule has 2 aromatic heterocycles. The average Bonchev–Trinajstić information content (AvgIpc) is 3.27. The van der Waals surface area contributed by atoms with E-state index in [1.54, 1.807) is 0 Å². The molecule has 168 valence electrons. The highest BCUT2D eigenvalue weighted by molar-refractivity contribution is 6.18. The Labute approximate surface area is 208 Å². The Balaban J connectivity index is 1.56. The molecule has 0 bridgehead atoms. The summed E-state index contributed by atoms with van der Waals surface area (Å²) in [6, 6.07) is 41.5. The molecule has 7 aromatic rings. The van der Waals surface area contributed by atoms with Crippen molar-refractivity contribution in [3.63, 3.8) is 0 Å². The van der Waals surface area contributed by atoms with Gasteiger partial charge in [-0.05, 0) is 59.5 Å². The van der Waals surface area contributed by atoms with Crippen LogP contribution in [0.5, 0.6) is 0 Å². The topological polar surface area (TPSA) is 21.1 Å². The number of anilines is 3. The Bertz CT molecular complexity index is 1930. The molecule has 3 nitrogen and oxygen atoms in total. The van der Waals surface area contributed by atoms with Crippen LogP contribution in [0.1, 0.15) is 0 Å². The third-order valence-corrected chi connectivity index (χ3v) is 7.36. The molecule has 3 heteroatoms. The van der Waals surface area contributed by atoms with E-state index >= 15 is 0 Å². The first-order valence-electron chi connectivity index (χ1n) is 12.2. The van der Waals surface area contributed by atoms with Gasteiger partial charge in [-0.2, -0.15) is 0 Å². The number of aromatic nitrogens is 2. The molecule has 0 amide bonds. The van der Waals surface area contributed by atoms with Crippen molar-refractivity contribution in [3.05, 3.63) is 128 Å². The van der Waals surface area contributed by atoms with E-state index in [1.165, 1.54) is 55.1 Å². The van der Waals surface area contributed by atoms with Gasteiger partial charge in [0, 0.05) is 33.6 Å².